The van der Waals surface area contributed by atoms with Gasteiger partial charge in [0.05, 0.1) is 5.69 Å². The van der Waals surface area contributed by atoms with Gasteiger partial charge in [-0.1, -0.05) is 6.07 Å². The van der Waals surface area contributed by atoms with Crippen molar-refractivity contribution in [2.24, 2.45) is 0 Å². The molecule has 0 saturated carbocycles. The van der Waals surface area contributed by atoms with E-state index in [-0.39, 0.29) is 12.5 Å². The number of hydrogen-bond acceptors (Lipinski definition) is 3. The van der Waals surface area contributed by atoms with Crippen LogP contribution in [0.1, 0.15) is 5.56 Å². The summed E-state index contributed by atoms with van der Waals surface area (Å²) < 4.78 is 5.24. The fourth-order valence-corrected chi connectivity index (χ4v) is 1.68. The highest BCUT2D eigenvalue weighted by Gasteiger charge is 2.16. The van der Waals surface area contributed by atoms with Crippen molar-refractivity contribution in [1.82, 2.24) is 4.90 Å². The van der Waals surface area contributed by atoms with E-state index in [1.165, 1.54) is 11.9 Å². The third kappa shape index (κ3) is 2.71. The van der Waals surface area contributed by atoms with Crippen LogP contribution in [0.2, 0.25) is 0 Å². The number of nitrogens with one attached hydrogen (secondary N) is 1. The van der Waals surface area contributed by atoms with Gasteiger partial charge in [0.25, 0.3) is 5.91 Å². The third-order valence-corrected chi connectivity index (χ3v) is 2.74. The van der Waals surface area contributed by atoms with Crippen molar-refractivity contribution in [3.63, 3.8) is 0 Å². The molecule has 2 amide bonds. The van der Waals surface area contributed by atoms with Crippen molar-refractivity contribution in [1.29, 1.82) is 0 Å². The Kier molecular flexibility index (Phi) is 3.36. The fraction of sp³-hybridized carbons (Fsp3) is 0.333. The number of likely N-dealkylation sites (N-methyl/N-ethyl adjacent to an activating group) is 1. The molecule has 2 rings (SSSR count). The first-order chi connectivity index (χ1) is 8.56. The maximum Gasteiger partial charge on any atom is 0.407 e. The molecule has 1 aromatic carbocycles. The molecule has 0 aromatic heterocycles. The Morgan fingerprint density at radius 1 is 1.56 bits per heavy atom. The lowest BCUT2D eigenvalue weighted by Gasteiger charge is -2.19. The molecule has 96 valence electrons. The van der Waals surface area contributed by atoms with E-state index in [1.54, 1.807) is 6.07 Å². The zero-order chi connectivity index (χ0) is 13.1. The van der Waals surface area contributed by atoms with Crippen molar-refractivity contribution >= 4 is 17.7 Å². The molecule has 1 aromatic rings. The minimum Gasteiger partial charge on any atom is -0.482 e. The van der Waals surface area contributed by atoms with E-state index in [9.17, 15) is 9.59 Å². The van der Waals surface area contributed by atoms with Crippen LogP contribution >= 0.6 is 0 Å². The number of nitrogens with zero attached hydrogens (tertiary/aromatic N) is 1. The third-order valence-electron chi connectivity index (χ3n) is 2.74. The normalized spacial score (nSPS) is 13.3. The van der Waals surface area contributed by atoms with E-state index in [0.717, 1.165) is 5.56 Å². The average Bonchev–Trinajstić information content (AvgIpc) is 2.35. The quantitative estimate of drug-likeness (QED) is 0.844. The van der Waals surface area contributed by atoms with Crippen molar-refractivity contribution in [3.8, 4) is 5.75 Å². The minimum absolute atomic E-state index is 0.0358. The predicted molar refractivity (Wildman–Crippen MR) is 64.9 cm³/mol. The first-order valence-corrected chi connectivity index (χ1v) is 5.56. The number of benzene rings is 1. The first kappa shape index (κ1) is 12.2. The number of rotatable bonds is 3. The number of fused-ring (bicyclic) bond motifs is 1. The van der Waals surface area contributed by atoms with Gasteiger partial charge in [0.15, 0.2) is 6.61 Å². The smallest absolute Gasteiger partial charge is 0.407 e. The SMILES string of the molecule is CN(CCc1ccc2c(c1)NC(=O)CO2)C(=O)O. The summed E-state index contributed by atoms with van der Waals surface area (Å²) in [5.41, 5.74) is 1.59. The monoisotopic (exact) mass is 250 g/mol. The van der Waals surface area contributed by atoms with Crippen LogP contribution in [-0.4, -0.2) is 42.2 Å². The zero-order valence-corrected chi connectivity index (χ0v) is 9.97. The molecule has 0 aliphatic carbocycles. The lowest BCUT2D eigenvalue weighted by Crippen LogP contribution is -2.27. The van der Waals surface area contributed by atoms with E-state index in [2.05, 4.69) is 5.32 Å². The van der Waals surface area contributed by atoms with Gasteiger partial charge in [-0.25, -0.2) is 4.79 Å². The molecular formula is C12H14N2O4. The van der Waals surface area contributed by atoms with Gasteiger partial charge in [-0.15, -0.1) is 0 Å². The highest BCUT2D eigenvalue weighted by molar-refractivity contribution is 5.95. The average molecular weight is 250 g/mol. The number of amides is 2. The molecule has 0 spiro atoms. The summed E-state index contributed by atoms with van der Waals surface area (Å²) in [6.45, 7) is 0.441. The molecule has 0 bridgehead atoms. The van der Waals surface area contributed by atoms with Crippen molar-refractivity contribution in [2.75, 3.05) is 25.5 Å². The topological polar surface area (TPSA) is 78.9 Å². The van der Waals surface area contributed by atoms with Gasteiger partial charge in [-0.2, -0.15) is 0 Å². The van der Waals surface area contributed by atoms with Gasteiger partial charge in [0.2, 0.25) is 0 Å². The van der Waals surface area contributed by atoms with Gasteiger partial charge >= 0.3 is 6.09 Å². The van der Waals surface area contributed by atoms with E-state index in [0.29, 0.717) is 24.4 Å². The zero-order valence-electron chi connectivity index (χ0n) is 9.97. The Balaban J connectivity index is 2.04. The van der Waals surface area contributed by atoms with Crippen LogP contribution in [-0.2, 0) is 11.2 Å². The second-order valence-electron chi connectivity index (χ2n) is 4.12. The second kappa shape index (κ2) is 4.95. The van der Waals surface area contributed by atoms with Crippen LogP contribution < -0.4 is 10.1 Å². The Bertz CT molecular complexity index is 487. The summed E-state index contributed by atoms with van der Waals surface area (Å²) in [6.07, 6.45) is -0.365. The van der Waals surface area contributed by atoms with E-state index in [1.807, 2.05) is 12.1 Å². The molecule has 0 atom stereocenters. The molecule has 6 heteroatoms. The minimum atomic E-state index is -0.954. The van der Waals surface area contributed by atoms with Crippen LogP contribution in [0.5, 0.6) is 5.75 Å². The van der Waals surface area contributed by atoms with E-state index < -0.39 is 6.09 Å². The summed E-state index contributed by atoms with van der Waals surface area (Å²) >= 11 is 0. The van der Waals surface area contributed by atoms with E-state index in [4.69, 9.17) is 9.84 Å². The summed E-state index contributed by atoms with van der Waals surface area (Å²) in [7, 11) is 1.52. The van der Waals surface area contributed by atoms with Gasteiger partial charge in [-0.3, -0.25) is 4.79 Å². The largest absolute Gasteiger partial charge is 0.482 e. The first-order valence-electron chi connectivity index (χ1n) is 5.56. The Morgan fingerprint density at radius 2 is 2.33 bits per heavy atom. The van der Waals surface area contributed by atoms with Gasteiger partial charge in [0, 0.05) is 13.6 Å². The molecule has 1 aliphatic rings. The summed E-state index contributed by atoms with van der Waals surface area (Å²) in [6, 6.07) is 5.46. The fourth-order valence-electron chi connectivity index (χ4n) is 1.68. The van der Waals surface area contributed by atoms with Gasteiger partial charge in [-0.05, 0) is 24.1 Å². The Hall–Kier alpha value is -2.24. The summed E-state index contributed by atoms with van der Waals surface area (Å²) in [5.74, 6) is 0.465. The summed E-state index contributed by atoms with van der Waals surface area (Å²) in [4.78, 5) is 23.0. The van der Waals surface area contributed by atoms with Crippen LogP contribution in [0.3, 0.4) is 0 Å². The standard InChI is InChI=1S/C12H14N2O4/c1-14(12(16)17)5-4-8-2-3-10-9(6-8)13-11(15)7-18-10/h2-3,6H,4-5,7H2,1H3,(H,13,15)(H,16,17). The Labute approximate surface area is 104 Å². The number of carbonyl (C=O) groups excluding carboxylic acids is 1. The molecule has 1 heterocycles. The number of hydrogen-bond donors (Lipinski definition) is 2. The number of carbonyl (C=O) groups is 2. The van der Waals surface area contributed by atoms with E-state index >= 15 is 0 Å². The highest BCUT2D eigenvalue weighted by atomic mass is 16.5. The summed E-state index contributed by atoms with van der Waals surface area (Å²) in [5, 5.41) is 11.5. The highest BCUT2D eigenvalue weighted by Crippen LogP contribution is 2.28. The lowest BCUT2D eigenvalue weighted by atomic mass is 10.1. The lowest BCUT2D eigenvalue weighted by molar-refractivity contribution is -0.118. The van der Waals surface area contributed by atoms with Crippen molar-refractivity contribution in [2.45, 2.75) is 6.42 Å². The van der Waals surface area contributed by atoms with Crippen molar-refractivity contribution in [3.05, 3.63) is 23.8 Å². The number of anilines is 1. The molecule has 0 saturated heterocycles. The molecule has 0 fully saturated rings. The van der Waals surface area contributed by atoms with Crippen LogP contribution in [0, 0.1) is 0 Å². The molecule has 18 heavy (non-hydrogen) atoms. The Morgan fingerprint density at radius 3 is 3.06 bits per heavy atom. The molecular weight excluding hydrogens is 236 g/mol. The van der Waals surface area contributed by atoms with Crippen molar-refractivity contribution < 1.29 is 19.4 Å². The molecule has 0 radical (unpaired) electrons. The molecule has 6 nitrogen and oxygen atoms in total. The second-order valence-corrected chi connectivity index (χ2v) is 4.12. The maximum atomic E-state index is 11.2. The van der Waals surface area contributed by atoms with Gasteiger partial charge in [0.1, 0.15) is 5.75 Å². The maximum absolute atomic E-state index is 11.2. The van der Waals surface area contributed by atoms with Crippen LogP contribution in [0.15, 0.2) is 18.2 Å². The van der Waals surface area contributed by atoms with Gasteiger partial charge < -0.3 is 20.1 Å². The molecule has 1 aliphatic heterocycles. The van der Waals surface area contributed by atoms with Crippen LogP contribution in [0.4, 0.5) is 10.5 Å². The predicted octanol–water partition coefficient (Wildman–Crippen LogP) is 1.17. The number of carboxylic acid groups (broad SMARTS) is 1. The van der Waals surface area contributed by atoms with Crippen LogP contribution in [0.25, 0.3) is 0 Å². The molecule has 2 N–H and O–H groups in total. The number of ether oxygens (including phenoxy) is 1. The molecule has 0 unspecified atom stereocenters.